The van der Waals surface area contributed by atoms with Gasteiger partial charge < -0.3 is 5.32 Å². The lowest BCUT2D eigenvalue weighted by Gasteiger charge is -2.38. The lowest BCUT2D eigenvalue weighted by molar-refractivity contribution is -0.385. The number of ketones is 1. The van der Waals surface area contributed by atoms with Crippen molar-refractivity contribution in [2.75, 3.05) is 6.26 Å². The predicted molar refractivity (Wildman–Crippen MR) is 100 cm³/mol. The fourth-order valence-corrected chi connectivity index (χ4v) is 4.35. The Balaban J connectivity index is 2.28. The summed E-state index contributed by atoms with van der Waals surface area (Å²) >= 11 is 1.38. The monoisotopic (exact) mass is 369 g/mol. The van der Waals surface area contributed by atoms with E-state index in [1.807, 2.05) is 20.1 Å². The number of Topliss-reactive ketones (excluding diaryl/α,β-unsaturated/α-hetero) is 1. The van der Waals surface area contributed by atoms with Gasteiger partial charge in [-0.15, -0.1) is 11.8 Å². The van der Waals surface area contributed by atoms with Crippen LogP contribution in [0.1, 0.15) is 38.2 Å². The topological polar surface area (TPSA) is 96.0 Å². The fourth-order valence-electron chi connectivity index (χ4n) is 3.75. The number of carbonyl (C=O) groups excluding carboxylic acids is 1. The maximum Gasteiger partial charge on any atom is 0.273 e. The number of dihydropyridines is 1. The molecule has 1 atom stereocenters. The van der Waals surface area contributed by atoms with Crippen LogP contribution in [0.2, 0.25) is 0 Å². The Morgan fingerprint density at radius 3 is 2.65 bits per heavy atom. The smallest absolute Gasteiger partial charge is 0.273 e. The van der Waals surface area contributed by atoms with Gasteiger partial charge >= 0.3 is 0 Å². The maximum atomic E-state index is 13.0. The normalized spacial score (nSPS) is 21.8. The number of para-hydroxylation sites is 1. The number of nitro groups is 1. The molecule has 0 amide bonds. The summed E-state index contributed by atoms with van der Waals surface area (Å²) in [6.07, 6.45) is 2.86. The van der Waals surface area contributed by atoms with Crippen molar-refractivity contribution in [3.05, 3.63) is 61.8 Å². The van der Waals surface area contributed by atoms with Gasteiger partial charge in [0.15, 0.2) is 5.78 Å². The van der Waals surface area contributed by atoms with E-state index in [0.717, 1.165) is 5.70 Å². The van der Waals surface area contributed by atoms with Crippen LogP contribution >= 0.6 is 11.8 Å². The molecule has 134 valence electrons. The molecule has 26 heavy (non-hydrogen) atoms. The minimum absolute atomic E-state index is 0.0557. The summed E-state index contributed by atoms with van der Waals surface area (Å²) in [4.78, 5) is 24.0. The average molecular weight is 369 g/mol. The van der Waals surface area contributed by atoms with E-state index >= 15 is 0 Å². The zero-order valence-electron chi connectivity index (χ0n) is 14.8. The van der Waals surface area contributed by atoms with Crippen LogP contribution in [-0.4, -0.2) is 17.0 Å². The van der Waals surface area contributed by atoms with Crippen LogP contribution in [0, 0.1) is 26.9 Å². The summed E-state index contributed by atoms with van der Waals surface area (Å²) in [6.45, 7) is 4.05. The zero-order valence-corrected chi connectivity index (χ0v) is 15.6. The molecule has 1 aliphatic heterocycles. The second-order valence-corrected chi connectivity index (χ2v) is 8.08. The van der Waals surface area contributed by atoms with Gasteiger partial charge in [-0.25, -0.2) is 0 Å². The molecule has 1 aromatic carbocycles. The molecule has 0 saturated carbocycles. The van der Waals surface area contributed by atoms with Gasteiger partial charge in [-0.3, -0.25) is 14.9 Å². The highest BCUT2D eigenvalue weighted by Gasteiger charge is 2.43. The number of allylic oxidation sites excluding steroid dienone is 3. The Kier molecular flexibility index (Phi) is 4.63. The van der Waals surface area contributed by atoms with E-state index in [9.17, 15) is 20.2 Å². The van der Waals surface area contributed by atoms with E-state index < -0.39 is 10.8 Å². The van der Waals surface area contributed by atoms with Crippen molar-refractivity contribution in [2.24, 2.45) is 5.41 Å². The molecule has 0 aromatic heterocycles. The largest absolute Gasteiger partial charge is 0.352 e. The van der Waals surface area contributed by atoms with Crippen LogP contribution in [0.3, 0.4) is 0 Å². The number of hydrogen-bond acceptors (Lipinski definition) is 6. The Bertz CT molecular complexity index is 909. The number of nitriles is 1. The van der Waals surface area contributed by atoms with Crippen LogP contribution in [0.5, 0.6) is 0 Å². The van der Waals surface area contributed by atoms with Gasteiger partial charge in [0.05, 0.1) is 27.5 Å². The molecular formula is C19H19N3O3S. The Morgan fingerprint density at radius 2 is 2.04 bits per heavy atom. The molecule has 0 fully saturated rings. The Hall–Kier alpha value is -2.59. The third-order valence-electron chi connectivity index (χ3n) is 4.78. The van der Waals surface area contributed by atoms with Crippen molar-refractivity contribution < 1.29 is 9.72 Å². The molecule has 1 heterocycles. The minimum Gasteiger partial charge on any atom is -0.352 e. The number of hydrogen-bond donors (Lipinski definition) is 1. The summed E-state index contributed by atoms with van der Waals surface area (Å²) in [5.74, 6) is -0.760. The van der Waals surface area contributed by atoms with Crippen LogP contribution in [0.15, 0.2) is 46.1 Å². The summed E-state index contributed by atoms with van der Waals surface area (Å²) < 4.78 is 0. The van der Waals surface area contributed by atoms with E-state index in [2.05, 4.69) is 11.4 Å². The van der Waals surface area contributed by atoms with Gasteiger partial charge in [0, 0.05) is 29.3 Å². The van der Waals surface area contributed by atoms with Crippen LogP contribution in [0.4, 0.5) is 5.69 Å². The molecule has 1 aliphatic carbocycles. The molecule has 0 radical (unpaired) electrons. The predicted octanol–water partition coefficient (Wildman–Crippen LogP) is 4.02. The van der Waals surface area contributed by atoms with Crippen molar-refractivity contribution in [3.8, 4) is 6.07 Å². The highest BCUT2D eigenvalue weighted by molar-refractivity contribution is 8.02. The molecule has 3 rings (SSSR count). The molecule has 0 bridgehead atoms. The molecule has 2 aliphatic rings. The molecule has 0 unspecified atom stereocenters. The molecular weight excluding hydrogens is 350 g/mol. The number of nitrogens with one attached hydrogen (secondary N) is 1. The number of carbonyl (C=O) groups is 1. The SMILES string of the molecule is CSC1=C(C#N)[C@@H](c2ccccc2[N+](=O)[O-])C2=C(CC(C)(C)CC2=O)N1. The van der Waals surface area contributed by atoms with Gasteiger partial charge in [-0.05, 0) is 18.1 Å². The third-order valence-corrected chi connectivity index (χ3v) is 5.51. The van der Waals surface area contributed by atoms with Gasteiger partial charge in [0.25, 0.3) is 5.69 Å². The quantitative estimate of drug-likeness (QED) is 0.638. The van der Waals surface area contributed by atoms with E-state index in [4.69, 9.17) is 0 Å². The highest BCUT2D eigenvalue weighted by atomic mass is 32.2. The number of benzene rings is 1. The van der Waals surface area contributed by atoms with Crippen molar-refractivity contribution in [3.63, 3.8) is 0 Å². The van der Waals surface area contributed by atoms with Crippen molar-refractivity contribution in [2.45, 2.75) is 32.6 Å². The van der Waals surface area contributed by atoms with Gasteiger partial charge in [0.1, 0.15) is 0 Å². The number of nitrogens with zero attached hydrogens (tertiary/aromatic N) is 2. The first-order valence-corrected chi connectivity index (χ1v) is 9.46. The first-order valence-electron chi connectivity index (χ1n) is 8.24. The van der Waals surface area contributed by atoms with E-state index in [1.54, 1.807) is 18.2 Å². The minimum atomic E-state index is -0.705. The van der Waals surface area contributed by atoms with Crippen molar-refractivity contribution in [1.29, 1.82) is 5.26 Å². The molecule has 7 heteroatoms. The standard InChI is InChI=1S/C19H19N3O3S/c1-19(2)8-13-17(15(23)9-19)16(12(10-20)18(21-13)26-3)11-6-4-5-7-14(11)22(24)25/h4-7,16,21H,8-9H2,1-3H3/t16-/m1/s1. The van der Waals surface area contributed by atoms with Crippen LogP contribution in [-0.2, 0) is 4.79 Å². The first-order chi connectivity index (χ1) is 12.3. The van der Waals surface area contributed by atoms with Gasteiger partial charge in [-0.2, -0.15) is 5.26 Å². The van der Waals surface area contributed by atoms with Crippen molar-refractivity contribution in [1.82, 2.24) is 5.32 Å². The van der Waals surface area contributed by atoms with E-state index in [0.29, 0.717) is 34.6 Å². The third kappa shape index (κ3) is 3.01. The fraction of sp³-hybridized carbons (Fsp3) is 0.368. The number of thioether (sulfide) groups is 1. The molecule has 1 aromatic rings. The van der Waals surface area contributed by atoms with Gasteiger partial charge in [0.2, 0.25) is 0 Å². The summed E-state index contributed by atoms with van der Waals surface area (Å²) in [6, 6.07) is 8.54. The molecule has 0 spiro atoms. The van der Waals surface area contributed by atoms with Crippen LogP contribution < -0.4 is 5.32 Å². The second kappa shape index (κ2) is 6.61. The molecule has 6 nitrogen and oxygen atoms in total. The number of nitro benzene ring substituents is 1. The first kappa shape index (κ1) is 18.2. The maximum absolute atomic E-state index is 13.0. The zero-order chi connectivity index (χ0) is 19.1. The van der Waals surface area contributed by atoms with E-state index in [-0.39, 0.29) is 16.9 Å². The van der Waals surface area contributed by atoms with Gasteiger partial charge in [-0.1, -0.05) is 32.0 Å². The molecule has 1 N–H and O–H groups in total. The van der Waals surface area contributed by atoms with Crippen molar-refractivity contribution >= 4 is 23.2 Å². The average Bonchev–Trinajstić information content (AvgIpc) is 2.58. The Labute approximate surface area is 156 Å². The second-order valence-electron chi connectivity index (χ2n) is 7.27. The summed E-state index contributed by atoms with van der Waals surface area (Å²) in [7, 11) is 0. The van der Waals surface area contributed by atoms with E-state index in [1.165, 1.54) is 17.8 Å². The number of rotatable bonds is 3. The summed E-state index contributed by atoms with van der Waals surface area (Å²) in [5, 5.41) is 25.2. The van der Waals surface area contributed by atoms with Crippen LogP contribution in [0.25, 0.3) is 0 Å². The lowest BCUT2D eigenvalue weighted by atomic mass is 9.69. The Morgan fingerprint density at radius 1 is 1.35 bits per heavy atom. The lowest BCUT2D eigenvalue weighted by Crippen LogP contribution is -2.37. The highest BCUT2D eigenvalue weighted by Crippen LogP contribution is 2.49. The summed E-state index contributed by atoms with van der Waals surface area (Å²) in [5.41, 5.74) is 1.76. The molecule has 0 saturated heterocycles.